The van der Waals surface area contributed by atoms with Gasteiger partial charge in [-0.3, -0.25) is 0 Å². The molecule has 0 bridgehead atoms. The number of hydrogen-bond acceptors (Lipinski definition) is 7. The van der Waals surface area contributed by atoms with Gasteiger partial charge in [0.25, 0.3) is 39.3 Å². The predicted octanol–water partition coefficient (Wildman–Crippen LogP) is -0.932. The van der Waals surface area contributed by atoms with Gasteiger partial charge >= 0.3 is 25.7 Å². The van der Waals surface area contributed by atoms with Crippen LogP contribution in [-0.4, -0.2) is 65.0 Å². The third-order valence-electron chi connectivity index (χ3n) is 2.48. The highest BCUT2D eigenvalue weighted by Gasteiger charge is 2.42. The summed E-state index contributed by atoms with van der Waals surface area (Å²) in [7, 11) is -11.4. The summed E-state index contributed by atoms with van der Waals surface area (Å²) < 4.78 is 41.3. The highest BCUT2D eigenvalue weighted by atomic mass is 28.5. The molecule has 0 aromatic rings. The molecular formula is C7H28O7Si7. The van der Waals surface area contributed by atoms with Crippen LogP contribution in [0.5, 0.6) is 0 Å². The molecule has 1 aliphatic heterocycles. The van der Waals surface area contributed by atoms with Gasteiger partial charge in [-0.1, -0.05) is 0 Å². The molecule has 0 amide bonds. The molecular weight excluding hydrogens is 393 g/mol. The van der Waals surface area contributed by atoms with Crippen LogP contribution < -0.4 is 0 Å². The van der Waals surface area contributed by atoms with E-state index in [1.165, 1.54) is 0 Å². The molecule has 126 valence electrons. The molecule has 21 heavy (non-hydrogen) atoms. The summed E-state index contributed by atoms with van der Waals surface area (Å²) in [5.74, 6) is 0. The van der Waals surface area contributed by atoms with Gasteiger partial charge in [0.1, 0.15) is 0 Å². The fourth-order valence-electron chi connectivity index (χ4n) is 2.15. The van der Waals surface area contributed by atoms with Crippen LogP contribution in [0, 0.1) is 0 Å². The number of hydrogen-bond donors (Lipinski definition) is 0. The molecule has 0 aromatic heterocycles. The van der Waals surface area contributed by atoms with Crippen molar-refractivity contribution in [2.45, 2.75) is 45.8 Å². The van der Waals surface area contributed by atoms with E-state index in [1.807, 2.05) is 32.7 Å². The van der Waals surface area contributed by atoms with E-state index >= 15 is 0 Å². The van der Waals surface area contributed by atoms with E-state index in [0.29, 0.717) is 0 Å². The molecule has 0 spiro atoms. The van der Waals surface area contributed by atoms with E-state index < -0.39 is 65.0 Å². The van der Waals surface area contributed by atoms with E-state index in [4.69, 9.17) is 28.8 Å². The molecule has 1 atom stereocenters. The summed E-state index contributed by atoms with van der Waals surface area (Å²) in [5.41, 5.74) is 0. The fraction of sp³-hybridized carbons (Fsp3) is 1.00. The molecule has 1 saturated heterocycles. The van der Waals surface area contributed by atoms with Crippen molar-refractivity contribution in [3.8, 4) is 0 Å². The van der Waals surface area contributed by atoms with Crippen molar-refractivity contribution in [1.29, 1.82) is 0 Å². The third-order valence-corrected chi connectivity index (χ3v) is 22.3. The average molecular weight is 421 g/mol. The lowest BCUT2D eigenvalue weighted by Gasteiger charge is -2.38. The second kappa shape index (κ2) is 8.37. The maximum Gasteiger partial charge on any atom is 0.314 e. The molecule has 0 aromatic carbocycles. The SMILES string of the molecule is C[SiH]1O[SiH2]O[SiH2]O[SiH2]O[Si](C)(C)O[Si](C)(C)O[Si](C)(C)O1. The Bertz CT molecular complexity index is 328. The van der Waals surface area contributed by atoms with E-state index in [1.54, 1.807) is 0 Å². The van der Waals surface area contributed by atoms with Crippen LogP contribution in [0.4, 0.5) is 0 Å². The Hall–Kier alpha value is 1.24. The topological polar surface area (TPSA) is 64.6 Å². The minimum absolute atomic E-state index is 0.962. The van der Waals surface area contributed by atoms with Crippen LogP contribution in [0.25, 0.3) is 0 Å². The summed E-state index contributed by atoms with van der Waals surface area (Å²) in [6.45, 7) is 14.3. The maximum absolute atomic E-state index is 6.28. The first-order valence-electron chi connectivity index (χ1n) is 7.01. The zero-order chi connectivity index (χ0) is 16.1. The van der Waals surface area contributed by atoms with Gasteiger partial charge in [0, 0.05) is 0 Å². The van der Waals surface area contributed by atoms with Crippen LogP contribution >= 0.6 is 0 Å². The third kappa shape index (κ3) is 9.19. The smallest absolute Gasteiger partial charge is 0.314 e. The first-order valence-corrected chi connectivity index (χ1v) is 21.0. The van der Waals surface area contributed by atoms with Crippen molar-refractivity contribution >= 4 is 65.0 Å². The van der Waals surface area contributed by atoms with E-state index in [0.717, 1.165) is 0 Å². The molecule has 7 nitrogen and oxygen atoms in total. The molecule has 1 fully saturated rings. The Morgan fingerprint density at radius 1 is 0.714 bits per heavy atom. The Morgan fingerprint density at radius 2 is 1.29 bits per heavy atom. The largest absolute Gasteiger partial charge is 0.425 e. The van der Waals surface area contributed by atoms with Crippen LogP contribution in [0.1, 0.15) is 0 Å². The summed E-state index contributed by atoms with van der Waals surface area (Å²) in [6.07, 6.45) is 0. The molecule has 1 unspecified atom stereocenters. The maximum atomic E-state index is 6.28. The van der Waals surface area contributed by atoms with Gasteiger partial charge in [-0.2, -0.15) is 0 Å². The second-order valence-electron chi connectivity index (χ2n) is 6.16. The van der Waals surface area contributed by atoms with Crippen molar-refractivity contribution < 1.29 is 28.8 Å². The molecule has 1 rings (SSSR count). The van der Waals surface area contributed by atoms with E-state index in [9.17, 15) is 0 Å². The summed E-state index contributed by atoms with van der Waals surface area (Å²) in [6, 6.07) is 0. The van der Waals surface area contributed by atoms with Crippen molar-refractivity contribution in [3.63, 3.8) is 0 Å². The van der Waals surface area contributed by atoms with Crippen molar-refractivity contribution in [1.82, 2.24) is 0 Å². The summed E-state index contributed by atoms with van der Waals surface area (Å²) in [5, 5.41) is 0. The van der Waals surface area contributed by atoms with Gasteiger partial charge in [0.15, 0.2) is 0 Å². The van der Waals surface area contributed by atoms with Gasteiger partial charge in [-0.15, -0.1) is 0 Å². The normalized spacial score (nSPS) is 34.7. The number of rotatable bonds is 0. The minimum atomic E-state index is -2.30. The van der Waals surface area contributed by atoms with Crippen LogP contribution in [-0.2, 0) is 28.8 Å². The zero-order valence-electron chi connectivity index (χ0n) is 14.1. The standard InChI is InChI=1S/C7H28O7Si7/c1-18-10-16-8-15-9-17-11-19(2,3)13-21(6,7)14-20(4,5)12-18/h18H,15-17H2,1-7H3. The highest BCUT2D eigenvalue weighted by molar-refractivity contribution is 6.86. The van der Waals surface area contributed by atoms with Crippen molar-refractivity contribution in [2.24, 2.45) is 0 Å². The van der Waals surface area contributed by atoms with Crippen molar-refractivity contribution in [3.05, 3.63) is 0 Å². The first kappa shape index (κ1) is 20.3. The molecule has 1 heterocycles. The minimum Gasteiger partial charge on any atom is -0.425 e. The first-order chi connectivity index (χ1) is 9.52. The fourth-order valence-corrected chi connectivity index (χ4v) is 23.9. The molecule has 0 aliphatic carbocycles. The van der Waals surface area contributed by atoms with Gasteiger partial charge in [-0.05, 0) is 45.8 Å². The van der Waals surface area contributed by atoms with Gasteiger partial charge in [0.05, 0.1) is 0 Å². The molecule has 0 N–H and O–H groups in total. The zero-order valence-corrected chi connectivity index (χ0v) is 22.5. The van der Waals surface area contributed by atoms with Crippen LogP contribution in [0.2, 0.25) is 45.8 Å². The quantitative estimate of drug-likeness (QED) is 0.469. The average Bonchev–Trinajstić information content (AvgIpc) is 2.21. The molecule has 0 saturated carbocycles. The Morgan fingerprint density at radius 3 is 1.95 bits per heavy atom. The lowest BCUT2D eigenvalue weighted by molar-refractivity contribution is 0.279. The predicted molar refractivity (Wildman–Crippen MR) is 98.7 cm³/mol. The van der Waals surface area contributed by atoms with Gasteiger partial charge < -0.3 is 28.8 Å². The van der Waals surface area contributed by atoms with E-state index in [2.05, 4.69) is 13.1 Å². The van der Waals surface area contributed by atoms with Crippen LogP contribution in [0.3, 0.4) is 0 Å². The molecule has 1 aliphatic rings. The Balaban J connectivity index is 2.76. The van der Waals surface area contributed by atoms with Gasteiger partial charge in [0.2, 0.25) is 0 Å². The van der Waals surface area contributed by atoms with E-state index in [-0.39, 0.29) is 0 Å². The monoisotopic (exact) mass is 420 g/mol. The lowest BCUT2D eigenvalue weighted by Crippen LogP contribution is -2.56. The highest BCUT2D eigenvalue weighted by Crippen LogP contribution is 2.22. The van der Waals surface area contributed by atoms with Crippen LogP contribution in [0.15, 0.2) is 0 Å². The Labute approximate surface area is 139 Å². The lowest BCUT2D eigenvalue weighted by atomic mass is 11.9. The van der Waals surface area contributed by atoms with Crippen molar-refractivity contribution in [2.75, 3.05) is 0 Å². The summed E-state index contributed by atoms with van der Waals surface area (Å²) >= 11 is 0. The Kier molecular flexibility index (Phi) is 8.08. The molecule has 0 radical (unpaired) electrons. The summed E-state index contributed by atoms with van der Waals surface area (Å²) in [4.78, 5) is 0. The molecule has 14 heteroatoms. The van der Waals surface area contributed by atoms with Gasteiger partial charge in [-0.25, -0.2) is 0 Å². The second-order valence-corrected chi connectivity index (χ2v) is 24.7.